The molecule has 0 aromatic heterocycles. The van der Waals surface area contributed by atoms with Crippen LogP contribution in [0, 0.1) is 0 Å². The molecule has 5 N–H and O–H groups in total. The first kappa shape index (κ1) is 15.6. The highest BCUT2D eigenvalue weighted by Gasteiger charge is 2.51. The van der Waals surface area contributed by atoms with E-state index in [-0.39, 0.29) is 12.8 Å². The molecule has 2 unspecified atom stereocenters. The van der Waals surface area contributed by atoms with Gasteiger partial charge in [-0.1, -0.05) is 11.6 Å². The van der Waals surface area contributed by atoms with E-state index in [0.29, 0.717) is 10.7 Å². The molecule has 7 nitrogen and oxygen atoms in total. The molecule has 8 heteroatoms. The maximum Gasteiger partial charge on any atom is 0.329 e. The van der Waals surface area contributed by atoms with Crippen molar-refractivity contribution in [1.82, 2.24) is 5.32 Å². The molecule has 2 rings (SSSR count). The molecule has 2 atom stereocenters. The summed E-state index contributed by atoms with van der Waals surface area (Å²) >= 11 is 5.72. The van der Waals surface area contributed by atoms with Crippen LogP contribution in [0.2, 0.25) is 5.02 Å². The highest BCUT2D eigenvalue weighted by atomic mass is 35.5. The molecule has 0 saturated heterocycles. The number of benzene rings is 1. The van der Waals surface area contributed by atoms with Crippen LogP contribution >= 0.6 is 11.6 Å². The Bertz CT molecular complexity index is 538. The molecule has 21 heavy (non-hydrogen) atoms. The number of urea groups is 1. The van der Waals surface area contributed by atoms with Gasteiger partial charge in [0.15, 0.2) is 0 Å². The Morgan fingerprint density at radius 2 is 1.67 bits per heavy atom. The van der Waals surface area contributed by atoms with Gasteiger partial charge < -0.3 is 26.0 Å². The second-order valence-electron chi connectivity index (χ2n) is 5.02. The average Bonchev–Trinajstić information content (AvgIpc) is 2.68. The van der Waals surface area contributed by atoms with E-state index < -0.39 is 29.7 Å². The summed E-state index contributed by atoms with van der Waals surface area (Å²) in [6.07, 6.45) is -2.87. The molecule has 0 spiro atoms. The number of nitrogens with one attached hydrogen (secondary N) is 2. The van der Waals surface area contributed by atoms with Crippen molar-refractivity contribution in [3.8, 4) is 0 Å². The highest BCUT2D eigenvalue weighted by molar-refractivity contribution is 6.30. The van der Waals surface area contributed by atoms with Crippen molar-refractivity contribution in [1.29, 1.82) is 0 Å². The maximum atomic E-state index is 11.9. The molecule has 1 fully saturated rings. The van der Waals surface area contributed by atoms with Gasteiger partial charge in [-0.25, -0.2) is 9.59 Å². The Labute approximate surface area is 125 Å². The summed E-state index contributed by atoms with van der Waals surface area (Å²) in [5.74, 6) is -1.30. The van der Waals surface area contributed by atoms with Crippen LogP contribution in [0.25, 0.3) is 0 Å². The van der Waals surface area contributed by atoms with Gasteiger partial charge in [-0.05, 0) is 24.3 Å². The largest absolute Gasteiger partial charge is 0.480 e. The third kappa shape index (κ3) is 3.44. The first-order chi connectivity index (χ1) is 9.82. The Kier molecular flexibility index (Phi) is 4.36. The monoisotopic (exact) mass is 314 g/mol. The van der Waals surface area contributed by atoms with Gasteiger partial charge in [-0.2, -0.15) is 0 Å². The molecule has 1 aromatic carbocycles. The zero-order valence-corrected chi connectivity index (χ0v) is 11.7. The van der Waals surface area contributed by atoms with Crippen LogP contribution in [-0.4, -0.2) is 45.1 Å². The minimum atomic E-state index is -1.69. The summed E-state index contributed by atoms with van der Waals surface area (Å²) in [6.45, 7) is 0. The topological polar surface area (TPSA) is 119 Å². The summed E-state index contributed by atoms with van der Waals surface area (Å²) in [6, 6.07) is 5.54. The molecule has 2 amide bonds. The first-order valence-electron chi connectivity index (χ1n) is 6.27. The molecule has 1 saturated carbocycles. The predicted octanol–water partition coefficient (Wildman–Crippen LogP) is 0.800. The predicted molar refractivity (Wildman–Crippen MR) is 75.2 cm³/mol. The quantitative estimate of drug-likeness (QED) is 0.565. The van der Waals surface area contributed by atoms with Gasteiger partial charge in [0.05, 0.1) is 12.2 Å². The number of anilines is 1. The smallest absolute Gasteiger partial charge is 0.329 e. The normalized spacial score (nSPS) is 28.1. The van der Waals surface area contributed by atoms with Crippen LogP contribution in [-0.2, 0) is 4.79 Å². The van der Waals surface area contributed by atoms with E-state index in [2.05, 4.69) is 10.6 Å². The van der Waals surface area contributed by atoms with Crippen molar-refractivity contribution in [2.45, 2.75) is 30.6 Å². The summed E-state index contributed by atoms with van der Waals surface area (Å²) in [7, 11) is 0. The van der Waals surface area contributed by atoms with Crippen LogP contribution in [0.3, 0.4) is 0 Å². The van der Waals surface area contributed by atoms with E-state index in [1.165, 1.54) is 0 Å². The second kappa shape index (κ2) is 5.88. The van der Waals surface area contributed by atoms with Crippen LogP contribution in [0.5, 0.6) is 0 Å². The van der Waals surface area contributed by atoms with Crippen molar-refractivity contribution >= 4 is 29.3 Å². The Morgan fingerprint density at radius 3 is 2.14 bits per heavy atom. The number of aliphatic hydroxyl groups excluding tert-OH is 2. The van der Waals surface area contributed by atoms with Crippen LogP contribution < -0.4 is 10.6 Å². The van der Waals surface area contributed by atoms with Crippen LogP contribution in [0.1, 0.15) is 12.8 Å². The fourth-order valence-corrected chi connectivity index (χ4v) is 2.44. The SMILES string of the molecule is O=C(Nc1ccc(Cl)cc1)NC1(C(=O)O)CC(O)C(O)C1. The zero-order valence-electron chi connectivity index (χ0n) is 10.9. The lowest BCUT2D eigenvalue weighted by molar-refractivity contribution is -0.144. The molecule has 1 aliphatic rings. The number of hydrogen-bond donors (Lipinski definition) is 5. The molecule has 1 aromatic rings. The molecule has 1 aliphatic carbocycles. The lowest BCUT2D eigenvalue weighted by Crippen LogP contribution is -2.54. The first-order valence-corrected chi connectivity index (χ1v) is 6.64. The fourth-order valence-electron chi connectivity index (χ4n) is 2.31. The summed E-state index contributed by atoms with van der Waals surface area (Å²) in [5, 5.41) is 33.6. The number of carbonyl (C=O) groups excluding carboxylic acids is 1. The average molecular weight is 315 g/mol. The number of hydrogen-bond acceptors (Lipinski definition) is 4. The van der Waals surface area contributed by atoms with Gasteiger partial charge >= 0.3 is 12.0 Å². The number of aliphatic hydroxyl groups is 2. The molecule has 0 radical (unpaired) electrons. The molecular weight excluding hydrogens is 300 g/mol. The fraction of sp³-hybridized carbons (Fsp3) is 0.385. The van der Waals surface area contributed by atoms with E-state index >= 15 is 0 Å². The molecule has 0 bridgehead atoms. The summed E-state index contributed by atoms with van der Waals surface area (Å²) < 4.78 is 0. The van der Waals surface area contributed by atoms with E-state index in [4.69, 9.17) is 11.6 Å². The van der Waals surface area contributed by atoms with Crippen molar-refractivity contribution < 1.29 is 24.9 Å². The molecule has 114 valence electrons. The van der Waals surface area contributed by atoms with Crippen LogP contribution in [0.4, 0.5) is 10.5 Å². The van der Waals surface area contributed by atoms with Crippen molar-refractivity contribution in [2.24, 2.45) is 0 Å². The molecule has 0 aliphatic heterocycles. The van der Waals surface area contributed by atoms with Gasteiger partial charge in [0.1, 0.15) is 5.54 Å². The van der Waals surface area contributed by atoms with Gasteiger partial charge in [0.2, 0.25) is 0 Å². The Hall–Kier alpha value is -1.83. The summed E-state index contributed by atoms with van der Waals surface area (Å²) in [5.41, 5.74) is -1.24. The number of halogens is 1. The van der Waals surface area contributed by atoms with E-state index in [1.807, 2.05) is 0 Å². The lowest BCUT2D eigenvalue weighted by Gasteiger charge is -2.25. The number of carboxylic acid groups (broad SMARTS) is 1. The Morgan fingerprint density at radius 1 is 1.14 bits per heavy atom. The number of carboxylic acids is 1. The number of aliphatic carboxylic acids is 1. The van der Waals surface area contributed by atoms with Gasteiger partial charge in [-0.3, -0.25) is 0 Å². The number of amides is 2. The molecule has 0 heterocycles. The summed E-state index contributed by atoms with van der Waals surface area (Å²) in [4.78, 5) is 23.3. The van der Waals surface area contributed by atoms with Crippen molar-refractivity contribution in [3.05, 3.63) is 29.3 Å². The van der Waals surface area contributed by atoms with Crippen molar-refractivity contribution in [2.75, 3.05) is 5.32 Å². The zero-order chi connectivity index (χ0) is 15.6. The van der Waals surface area contributed by atoms with Crippen LogP contribution in [0.15, 0.2) is 24.3 Å². The third-order valence-corrected chi connectivity index (χ3v) is 3.68. The van der Waals surface area contributed by atoms with E-state index in [9.17, 15) is 24.9 Å². The molecular formula is C13H15ClN2O5. The maximum absolute atomic E-state index is 11.9. The van der Waals surface area contributed by atoms with Gasteiger partial charge in [0, 0.05) is 23.6 Å². The van der Waals surface area contributed by atoms with Crippen molar-refractivity contribution in [3.63, 3.8) is 0 Å². The second-order valence-corrected chi connectivity index (χ2v) is 5.45. The Balaban J connectivity index is 2.06. The van der Waals surface area contributed by atoms with Gasteiger partial charge in [-0.15, -0.1) is 0 Å². The van der Waals surface area contributed by atoms with Gasteiger partial charge in [0.25, 0.3) is 0 Å². The van der Waals surface area contributed by atoms with E-state index in [1.54, 1.807) is 24.3 Å². The standard InChI is InChI=1S/C13H15ClN2O5/c14-7-1-3-8(4-2-7)15-12(21)16-13(11(19)20)5-9(17)10(18)6-13/h1-4,9-10,17-18H,5-6H2,(H,19,20)(H2,15,16,21). The lowest BCUT2D eigenvalue weighted by atomic mass is 9.98. The highest BCUT2D eigenvalue weighted by Crippen LogP contribution is 2.31. The number of rotatable bonds is 3. The number of carbonyl (C=O) groups is 2. The minimum Gasteiger partial charge on any atom is -0.480 e. The third-order valence-electron chi connectivity index (χ3n) is 3.42. The van der Waals surface area contributed by atoms with E-state index in [0.717, 1.165) is 0 Å². The minimum absolute atomic E-state index is 0.252.